The lowest BCUT2D eigenvalue weighted by atomic mass is 10.0. The smallest absolute Gasteiger partial charge is 0.160 e. The second-order valence-electron chi connectivity index (χ2n) is 4.58. The first-order valence-electron chi connectivity index (χ1n) is 5.80. The number of ketones is 1. The van der Waals surface area contributed by atoms with Crippen molar-refractivity contribution in [2.24, 2.45) is 0 Å². The molecule has 1 rings (SSSR count). The molecule has 1 nitrogen and oxygen atoms in total. The van der Waals surface area contributed by atoms with Gasteiger partial charge in [0, 0.05) is 16.2 Å². The highest BCUT2D eigenvalue weighted by Crippen LogP contribution is 2.26. The molecule has 0 aliphatic carbocycles. The molecule has 0 aliphatic rings. The highest BCUT2D eigenvalue weighted by molar-refractivity contribution is 7.99. The van der Waals surface area contributed by atoms with Crippen LogP contribution in [0.1, 0.15) is 42.3 Å². The SMILES string of the molecule is CC(=O)c1cc(C)c(SCC=C(C)C)cc1C. The molecule has 1 aromatic carbocycles. The van der Waals surface area contributed by atoms with Gasteiger partial charge in [-0.3, -0.25) is 4.79 Å². The molecule has 2 heteroatoms. The summed E-state index contributed by atoms with van der Waals surface area (Å²) >= 11 is 1.82. The Morgan fingerprint density at radius 1 is 1.18 bits per heavy atom. The molecule has 0 saturated heterocycles. The third-order valence-electron chi connectivity index (χ3n) is 2.63. The van der Waals surface area contributed by atoms with Gasteiger partial charge in [-0.15, -0.1) is 11.8 Å². The second kappa shape index (κ2) is 6.06. The number of carbonyl (C=O) groups is 1. The van der Waals surface area contributed by atoms with Crippen LogP contribution < -0.4 is 0 Å². The first-order chi connectivity index (χ1) is 7.91. The first kappa shape index (κ1) is 14.0. The zero-order valence-corrected chi connectivity index (χ0v) is 12.1. The van der Waals surface area contributed by atoms with Gasteiger partial charge in [0.1, 0.15) is 0 Å². The Balaban J connectivity index is 2.92. The van der Waals surface area contributed by atoms with Crippen LogP contribution in [-0.4, -0.2) is 11.5 Å². The van der Waals surface area contributed by atoms with Crippen molar-refractivity contribution >= 4 is 17.5 Å². The van der Waals surface area contributed by atoms with Crippen LogP contribution in [0.25, 0.3) is 0 Å². The van der Waals surface area contributed by atoms with E-state index in [-0.39, 0.29) is 5.78 Å². The van der Waals surface area contributed by atoms with E-state index >= 15 is 0 Å². The molecule has 0 radical (unpaired) electrons. The van der Waals surface area contributed by atoms with Crippen molar-refractivity contribution in [3.63, 3.8) is 0 Å². The summed E-state index contributed by atoms with van der Waals surface area (Å²) in [6.45, 7) is 9.91. The molecule has 0 heterocycles. The Bertz CT molecular complexity index is 454. The van der Waals surface area contributed by atoms with Gasteiger partial charge in [-0.2, -0.15) is 0 Å². The van der Waals surface area contributed by atoms with Gasteiger partial charge in [-0.25, -0.2) is 0 Å². The molecule has 0 N–H and O–H groups in total. The van der Waals surface area contributed by atoms with Gasteiger partial charge in [-0.1, -0.05) is 11.6 Å². The number of hydrogen-bond donors (Lipinski definition) is 0. The highest BCUT2D eigenvalue weighted by atomic mass is 32.2. The van der Waals surface area contributed by atoms with E-state index in [1.165, 1.54) is 16.0 Å². The van der Waals surface area contributed by atoms with Gasteiger partial charge < -0.3 is 0 Å². The third kappa shape index (κ3) is 4.04. The predicted molar refractivity (Wildman–Crippen MR) is 76.1 cm³/mol. The molecular formula is C15H20OS. The molecule has 92 valence electrons. The minimum absolute atomic E-state index is 0.145. The average Bonchev–Trinajstić information content (AvgIpc) is 2.21. The van der Waals surface area contributed by atoms with Crippen molar-refractivity contribution in [1.82, 2.24) is 0 Å². The molecule has 1 aromatic rings. The van der Waals surface area contributed by atoms with Crippen LogP contribution in [-0.2, 0) is 0 Å². The molecule has 0 bridgehead atoms. The van der Waals surface area contributed by atoms with Gasteiger partial charge in [0.25, 0.3) is 0 Å². The van der Waals surface area contributed by atoms with Crippen LogP contribution in [0.2, 0.25) is 0 Å². The summed E-state index contributed by atoms with van der Waals surface area (Å²) in [5.74, 6) is 1.13. The molecule has 0 amide bonds. The lowest BCUT2D eigenvalue weighted by molar-refractivity contribution is 0.101. The molecule has 0 saturated carbocycles. The van der Waals surface area contributed by atoms with Gasteiger partial charge >= 0.3 is 0 Å². The van der Waals surface area contributed by atoms with Gasteiger partial charge in [0.05, 0.1) is 0 Å². The van der Waals surface area contributed by atoms with Crippen molar-refractivity contribution in [3.05, 3.63) is 40.5 Å². The molecule has 0 unspecified atom stereocenters. The van der Waals surface area contributed by atoms with Crippen LogP contribution in [0, 0.1) is 13.8 Å². The van der Waals surface area contributed by atoms with Crippen LogP contribution in [0.15, 0.2) is 28.7 Å². The maximum absolute atomic E-state index is 11.4. The Labute approximate surface area is 108 Å². The summed E-state index contributed by atoms with van der Waals surface area (Å²) in [6, 6.07) is 4.12. The van der Waals surface area contributed by atoms with Gasteiger partial charge in [0.15, 0.2) is 5.78 Å². The average molecular weight is 248 g/mol. The summed E-state index contributed by atoms with van der Waals surface area (Å²) < 4.78 is 0. The standard InChI is InChI=1S/C15H20OS/c1-10(2)6-7-17-15-9-11(3)14(13(5)16)8-12(15)4/h6,8-9H,7H2,1-5H3. The zero-order valence-electron chi connectivity index (χ0n) is 11.3. The Morgan fingerprint density at radius 3 is 2.35 bits per heavy atom. The Morgan fingerprint density at radius 2 is 1.82 bits per heavy atom. The number of benzene rings is 1. The van der Waals surface area contributed by atoms with Crippen molar-refractivity contribution in [1.29, 1.82) is 0 Å². The lowest BCUT2D eigenvalue weighted by Gasteiger charge is -2.09. The molecule has 0 aromatic heterocycles. The summed E-state index contributed by atoms with van der Waals surface area (Å²) in [6.07, 6.45) is 2.22. The number of thioether (sulfide) groups is 1. The van der Waals surface area contributed by atoms with E-state index in [2.05, 4.69) is 32.9 Å². The number of aryl methyl sites for hydroxylation is 2. The van der Waals surface area contributed by atoms with Crippen LogP contribution in [0.5, 0.6) is 0 Å². The molecule has 0 atom stereocenters. The number of rotatable bonds is 4. The van der Waals surface area contributed by atoms with E-state index in [1.54, 1.807) is 6.92 Å². The van der Waals surface area contributed by atoms with Crippen LogP contribution >= 0.6 is 11.8 Å². The monoisotopic (exact) mass is 248 g/mol. The summed E-state index contributed by atoms with van der Waals surface area (Å²) in [5.41, 5.74) is 4.44. The number of hydrogen-bond acceptors (Lipinski definition) is 2. The van der Waals surface area contributed by atoms with Crippen molar-refractivity contribution in [2.45, 2.75) is 39.5 Å². The van der Waals surface area contributed by atoms with E-state index in [0.717, 1.165) is 16.9 Å². The Kier molecular flexibility index (Phi) is 5.01. The van der Waals surface area contributed by atoms with Crippen LogP contribution in [0.4, 0.5) is 0 Å². The number of allylic oxidation sites excluding steroid dienone is 1. The predicted octanol–water partition coefficient (Wildman–Crippen LogP) is 4.56. The van der Waals surface area contributed by atoms with E-state index in [4.69, 9.17) is 0 Å². The summed E-state index contributed by atoms with van der Waals surface area (Å²) in [4.78, 5) is 12.7. The Hall–Kier alpha value is -1.02. The topological polar surface area (TPSA) is 17.1 Å². The highest BCUT2D eigenvalue weighted by Gasteiger charge is 2.07. The van der Waals surface area contributed by atoms with Gasteiger partial charge in [0.2, 0.25) is 0 Å². The molecular weight excluding hydrogens is 228 g/mol. The van der Waals surface area contributed by atoms with Crippen molar-refractivity contribution < 1.29 is 4.79 Å². The van der Waals surface area contributed by atoms with E-state index in [9.17, 15) is 4.79 Å². The quantitative estimate of drug-likeness (QED) is 0.441. The minimum Gasteiger partial charge on any atom is -0.295 e. The fraction of sp³-hybridized carbons (Fsp3) is 0.400. The fourth-order valence-corrected chi connectivity index (χ4v) is 2.77. The second-order valence-corrected chi connectivity index (χ2v) is 5.64. The lowest BCUT2D eigenvalue weighted by Crippen LogP contribution is -1.98. The largest absolute Gasteiger partial charge is 0.295 e. The van der Waals surface area contributed by atoms with Gasteiger partial charge in [-0.05, 0) is 57.9 Å². The normalized spacial score (nSPS) is 10.2. The zero-order chi connectivity index (χ0) is 13.0. The van der Waals surface area contributed by atoms with Crippen molar-refractivity contribution in [3.8, 4) is 0 Å². The third-order valence-corrected chi connectivity index (χ3v) is 3.72. The minimum atomic E-state index is 0.145. The van der Waals surface area contributed by atoms with Crippen LogP contribution in [0.3, 0.4) is 0 Å². The summed E-state index contributed by atoms with van der Waals surface area (Å²) in [7, 11) is 0. The fourth-order valence-electron chi connectivity index (χ4n) is 1.62. The maximum Gasteiger partial charge on any atom is 0.160 e. The van der Waals surface area contributed by atoms with Crippen molar-refractivity contribution in [2.75, 3.05) is 5.75 Å². The number of Topliss-reactive ketones (excluding diaryl/α,β-unsaturated/α-hetero) is 1. The van der Waals surface area contributed by atoms with E-state index in [1.807, 2.05) is 24.8 Å². The molecule has 17 heavy (non-hydrogen) atoms. The molecule has 0 spiro atoms. The molecule has 0 fully saturated rings. The number of carbonyl (C=O) groups excluding carboxylic acids is 1. The van der Waals surface area contributed by atoms with E-state index < -0.39 is 0 Å². The van der Waals surface area contributed by atoms with E-state index in [0.29, 0.717) is 0 Å². The summed E-state index contributed by atoms with van der Waals surface area (Å²) in [5, 5.41) is 0. The first-order valence-corrected chi connectivity index (χ1v) is 6.78. The maximum atomic E-state index is 11.4. The molecule has 0 aliphatic heterocycles.